The van der Waals surface area contributed by atoms with E-state index in [0.29, 0.717) is 5.56 Å². The van der Waals surface area contributed by atoms with Crippen LogP contribution in [0.3, 0.4) is 0 Å². The van der Waals surface area contributed by atoms with Crippen molar-refractivity contribution in [2.75, 3.05) is 26.7 Å². The van der Waals surface area contributed by atoms with Crippen LogP contribution in [0.15, 0.2) is 60.7 Å². The van der Waals surface area contributed by atoms with Gasteiger partial charge in [-0.25, -0.2) is 0 Å². The SMILES string of the molecule is CN(CCc1ccccc1)C1C(CNC(=O)c2ccccc2)OC(CO)C1O. The molecule has 4 unspecified atom stereocenters. The highest BCUT2D eigenvalue weighted by molar-refractivity contribution is 5.94. The minimum Gasteiger partial charge on any atom is -0.394 e. The molecule has 0 aromatic heterocycles. The van der Waals surface area contributed by atoms with Crippen LogP contribution in [0.2, 0.25) is 0 Å². The summed E-state index contributed by atoms with van der Waals surface area (Å²) in [6, 6.07) is 18.8. The molecule has 0 spiro atoms. The molecule has 2 aromatic carbocycles. The average molecular weight is 384 g/mol. The van der Waals surface area contributed by atoms with Crippen LogP contribution in [0.1, 0.15) is 15.9 Å². The number of aliphatic hydroxyl groups excluding tert-OH is 2. The fourth-order valence-electron chi connectivity index (χ4n) is 3.67. The molecule has 0 saturated carbocycles. The Hall–Kier alpha value is -2.25. The van der Waals surface area contributed by atoms with Gasteiger partial charge in [0.1, 0.15) is 12.2 Å². The zero-order valence-corrected chi connectivity index (χ0v) is 16.1. The summed E-state index contributed by atoms with van der Waals surface area (Å²) in [5.41, 5.74) is 1.80. The molecule has 4 atom stereocenters. The zero-order chi connectivity index (χ0) is 19.9. The highest BCUT2D eigenvalue weighted by Gasteiger charge is 2.45. The van der Waals surface area contributed by atoms with Gasteiger partial charge >= 0.3 is 0 Å². The Kier molecular flexibility index (Phi) is 7.17. The Balaban J connectivity index is 1.61. The van der Waals surface area contributed by atoms with Crippen molar-refractivity contribution in [2.24, 2.45) is 0 Å². The number of carbonyl (C=O) groups is 1. The van der Waals surface area contributed by atoms with Gasteiger partial charge in [0.05, 0.1) is 18.8 Å². The van der Waals surface area contributed by atoms with Crippen molar-refractivity contribution in [3.8, 4) is 0 Å². The van der Waals surface area contributed by atoms with E-state index >= 15 is 0 Å². The lowest BCUT2D eigenvalue weighted by Gasteiger charge is -2.30. The third-order valence-electron chi connectivity index (χ3n) is 5.25. The van der Waals surface area contributed by atoms with Gasteiger partial charge in [0.2, 0.25) is 0 Å². The standard InChI is InChI=1S/C22H28N2O4/c1-24(13-12-16-8-4-2-5-9-16)20-18(28-19(15-25)21(20)26)14-23-22(27)17-10-6-3-7-11-17/h2-11,18-21,25-26H,12-15H2,1H3,(H,23,27). The lowest BCUT2D eigenvalue weighted by molar-refractivity contribution is -0.0209. The Morgan fingerprint density at radius 3 is 2.36 bits per heavy atom. The van der Waals surface area contributed by atoms with E-state index in [1.54, 1.807) is 12.1 Å². The number of amides is 1. The van der Waals surface area contributed by atoms with Crippen molar-refractivity contribution in [2.45, 2.75) is 30.8 Å². The monoisotopic (exact) mass is 384 g/mol. The number of likely N-dealkylation sites (N-methyl/N-ethyl adjacent to an activating group) is 1. The van der Waals surface area contributed by atoms with E-state index in [2.05, 4.69) is 17.4 Å². The summed E-state index contributed by atoms with van der Waals surface area (Å²) in [5, 5.41) is 23.0. The lowest BCUT2D eigenvalue weighted by atomic mass is 10.0. The maximum absolute atomic E-state index is 12.3. The van der Waals surface area contributed by atoms with Crippen LogP contribution >= 0.6 is 0 Å². The van der Waals surface area contributed by atoms with Crippen LogP contribution in [0.4, 0.5) is 0 Å². The first kappa shape index (κ1) is 20.5. The summed E-state index contributed by atoms with van der Waals surface area (Å²) >= 11 is 0. The molecule has 1 aliphatic heterocycles. The predicted molar refractivity (Wildman–Crippen MR) is 107 cm³/mol. The van der Waals surface area contributed by atoms with Gasteiger partial charge < -0.3 is 20.3 Å². The van der Waals surface area contributed by atoms with Gasteiger partial charge in [-0.2, -0.15) is 0 Å². The summed E-state index contributed by atoms with van der Waals surface area (Å²) in [6.45, 7) is 0.741. The van der Waals surface area contributed by atoms with Crippen molar-refractivity contribution in [1.29, 1.82) is 0 Å². The number of hydrogen-bond acceptors (Lipinski definition) is 5. The molecule has 28 heavy (non-hydrogen) atoms. The second-order valence-corrected chi connectivity index (χ2v) is 7.17. The van der Waals surface area contributed by atoms with Crippen LogP contribution in [0.25, 0.3) is 0 Å². The normalized spacial score (nSPS) is 24.4. The van der Waals surface area contributed by atoms with Crippen molar-refractivity contribution in [1.82, 2.24) is 10.2 Å². The molecule has 1 fully saturated rings. The molecule has 6 nitrogen and oxygen atoms in total. The third kappa shape index (κ3) is 4.97. The quantitative estimate of drug-likeness (QED) is 0.635. The van der Waals surface area contributed by atoms with E-state index in [0.717, 1.165) is 13.0 Å². The molecule has 0 aliphatic carbocycles. The molecule has 3 rings (SSSR count). The molecule has 1 amide bonds. The van der Waals surface area contributed by atoms with Crippen LogP contribution in [0, 0.1) is 0 Å². The van der Waals surface area contributed by atoms with Crippen molar-refractivity contribution in [3.63, 3.8) is 0 Å². The van der Waals surface area contributed by atoms with Crippen LogP contribution in [0.5, 0.6) is 0 Å². The number of ether oxygens (including phenoxy) is 1. The Morgan fingerprint density at radius 2 is 1.71 bits per heavy atom. The highest BCUT2D eigenvalue weighted by atomic mass is 16.5. The van der Waals surface area contributed by atoms with Crippen LogP contribution in [-0.4, -0.2) is 72.1 Å². The molecule has 2 aromatic rings. The van der Waals surface area contributed by atoms with E-state index in [1.165, 1.54) is 5.56 Å². The maximum atomic E-state index is 12.3. The topological polar surface area (TPSA) is 82.0 Å². The first-order valence-corrected chi connectivity index (χ1v) is 9.62. The molecular formula is C22H28N2O4. The van der Waals surface area contributed by atoms with Gasteiger partial charge in [0, 0.05) is 18.7 Å². The minimum atomic E-state index is -0.815. The Bertz CT molecular complexity index is 741. The number of rotatable bonds is 8. The summed E-state index contributed by atoms with van der Waals surface area (Å²) < 4.78 is 5.84. The summed E-state index contributed by atoms with van der Waals surface area (Å²) in [7, 11) is 1.94. The molecule has 1 aliphatic rings. The second kappa shape index (κ2) is 9.80. The molecule has 0 bridgehead atoms. The first-order chi connectivity index (χ1) is 13.6. The molecule has 6 heteroatoms. The van der Waals surface area contributed by atoms with Gasteiger partial charge in [-0.1, -0.05) is 48.5 Å². The molecule has 150 valence electrons. The van der Waals surface area contributed by atoms with Gasteiger partial charge in [0.15, 0.2) is 0 Å². The third-order valence-corrected chi connectivity index (χ3v) is 5.25. The largest absolute Gasteiger partial charge is 0.394 e. The van der Waals surface area contributed by atoms with Gasteiger partial charge in [-0.05, 0) is 31.2 Å². The number of carbonyl (C=O) groups excluding carboxylic acids is 1. The Labute approximate surface area is 165 Å². The predicted octanol–water partition coefficient (Wildman–Crippen LogP) is 1.08. The van der Waals surface area contributed by atoms with Crippen molar-refractivity contribution >= 4 is 5.91 Å². The lowest BCUT2D eigenvalue weighted by Crippen LogP contribution is -2.50. The summed E-state index contributed by atoms with van der Waals surface area (Å²) in [4.78, 5) is 14.4. The zero-order valence-electron chi connectivity index (χ0n) is 16.1. The summed E-state index contributed by atoms with van der Waals surface area (Å²) in [5.74, 6) is -0.183. The second-order valence-electron chi connectivity index (χ2n) is 7.17. The Morgan fingerprint density at radius 1 is 1.07 bits per heavy atom. The highest BCUT2D eigenvalue weighted by Crippen LogP contribution is 2.25. The fourth-order valence-corrected chi connectivity index (χ4v) is 3.67. The van der Waals surface area contributed by atoms with Gasteiger partial charge in [-0.3, -0.25) is 9.69 Å². The van der Waals surface area contributed by atoms with Crippen molar-refractivity contribution < 1.29 is 19.7 Å². The van der Waals surface area contributed by atoms with E-state index in [1.807, 2.05) is 48.3 Å². The molecule has 1 heterocycles. The summed E-state index contributed by atoms with van der Waals surface area (Å²) in [6.07, 6.45) is -1.03. The molecule has 1 saturated heterocycles. The minimum absolute atomic E-state index is 0.183. The van der Waals surface area contributed by atoms with E-state index in [-0.39, 0.29) is 25.1 Å². The van der Waals surface area contributed by atoms with Crippen LogP contribution < -0.4 is 5.32 Å². The fraction of sp³-hybridized carbons (Fsp3) is 0.409. The number of benzene rings is 2. The van der Waals surface area contributed by atoms with Crippen molar-refractivity contribution in [3.05, 3.63) is 71.8 Å². The average Bonchev–Trinajstić information content (AvgIpc) is 3.07. The van der Waals surface area contributed by atoms with E-state index in [4.69, 9.17) is 4.74 Å². The smallest absolute Gasteiger partial charge is 0.251 e. The maximum Gasteiger partial charge on any atom is 0.251 e. The number of hydrogen-bond donors (Lipinski definition) is 3. The molecular weight excluding hydrogens is 356 g/mol. The first-order valence-electron chi connectivity index (χ1n) is 9.62. The van der Waals surface area contributed by atoms with E-state index in [9.17, 15) is 15.0 Å². The number of nitrogens with zero attached hydrogens (tertiary/aromatic N) is 1. The van der Waals surface area contributed by atoms with Crippen LogP contribution in [-0.2, 0) is 11.2 Å². The number of aliphatic hydroxyl groups is 2. The van der Waals surface area contributed by atoms with E-state index < -0.39 is 18.3 Å². The number of nitrogens with one attached hydrogen (secondary N) is 1. The molecule has 0 radical (unpaired) electrons. The molecule has 3 N–H and O–H groups in total. The van der Waals surface area contributed by atoms with Gasteiger partial charge in [-0.15, -0.1) is 0 Å². The van der Waals surface area contributed by atoms with Gasteiger partial charge in [0.25, 0.3) is 5.91 Å².